The minimum Gasteiger partial charge on any atom is -0.309 e. The van der Waals surface area contributed by atoms with Crippen LogP contribution < -0.4 is 5.32 Å². The monoisotopic (exact) mass is 233 g/mol. The Morgan fingerprint density at radius 1 is 1.50 bits per heavy atom. The van der Waals surface area contributed by atoms with Gasteiger partial charge in [0.15, 0.2) is 0 Å². The summed E-state index contributed by atoms with van der Waals surface area (Å²) in [6.07, 6.45) is -2.21. The highest BCUT2D eigenvalue weighted by atomic mass is 19.4. The molecule has 2 rings (SSSR count). The van der Waals surface area contributed by atoms with E-state index in [2.05, 4.69) is 10.4 Å². The molecule has 2 heterocycles. The maximum Gasteiger partial charge on any atom is 0.391 e. The molecule has 6 heteroatoms. The minimum absolute atomic E-state index is 0.100. The van der Waals surface area contributed by atoms with E-state index in [0.29, 0.717) is 6.54 Å². The van der Waals surface area contributed by atoms with Crippen molar-refractivity contribution in [3.63, 3.8) is 0 Å². The van der Waals surface area contributed by atoms with E-state index in [-0.39, 0.29) is 18.9 Å². The van der Waals surface area contributed by atoms with Gasteiger partial charge in [0.05, 0.1) is 11.6 Å². The second-order valence-corrected chi connectivity index (χ2v) is 4.15. The number of halogens is 3. The molecular formula is C10H14F3N3. The maximum atomic E-state index is 12.6. The second-order valence-electron chi connectivity index (χ2n) is 4.15. The molecule has 1 N–H and O–H groups in total. The van der Waals surface area contributed by atoms with Crippen LogP contribution in [-0.4, -0.2) is 22.5 Å². The summed E-state index contributed by atoms with van der Waals surface area (Å²) >= 11 is 0. The van der Waals surface area contributed by atoms with Crippen molar-refractivity contribution in [3.05, 3.63) is 18.0 Å². The van der Waals surface area contributed by atoms with Gasteiger partial charge in [-0.1, -0.05) is 0 Å². The first-order valence-corrected chi connectivity index (χ1v) is 5.26. The first kappa shape index (κ1) is 11.4. The quantitative estimate of drug-likeness (QED) is 0.804. The maximum absolute atomic E-state index is 12.6. The average Bonchev–Trinajstić information content (AvgIpc) is 2.63. The number of nitrogens with zero attached hydrogens (tertiary/aromatic N) is 2. The van der Waals surface area contributed by atoms with E-state index >= 15 is 0 Å². The number of rotatable bonds is 1. The summed E-state index contributed by atoms with van der Waals surface area (Å²) in [7, 11) is 1.74. The van der Waals surface area contributed by atoms with Gasteiger partial charge in [-0.3, -0.25) is 4.68 Å². The van der Waals surface area contributed by atoms with Crippen LogP contribution in [0.5, 0.6) is 0 Å². The summed E-state index contributed by atoms with van der Waals surface area (Å²) < 4.78 is 39.4. The molecule has 1 unspecified atom stereocenters. The van der Waals surface area contributed by atoms with Crippen LogP contribution in [0.1, 0.15) is 24.6 Å². The lowest BCUT2D eigenvalue weighted by molar-refractivity contribution is -0.183. The fourth-order valence-electron chi connectivity index (χ4n) is 2.17. The lowest BCUT2D eigenvalue weighted by Crippen LogP contribution is -2.38. The fraction of sp³-hybridized carbons (Fsp3) is 0.700. The number of nitrogens with one attached hydrogen (secondary N) is 1. The summed E-state index contributed by atoms with van der Waals surface area (Å²) in [6, 6.07) is 1.52. The largest absolute Gasteiger partial charge is 0.391 e. The van der Waals surface area contributed by atoms with Crippen molar-refractivity contribution in [3.8, 4) is 0 Å². The number of piperidine rings is 1. The molecule has 1 saturated heterocycles. The SMILES string of the molecule is Cn1nccc1[C@H]1CC(C(F)(F)F)CCN1. The normalized spacial score (nSPS) is 27.0. The number of aromatic nitrogens is 2. The van der Waals surface area contributed by atoms with Crippen LogP contribution in [0.3, 0.4) is 0 Å². The molecule has 1 aromatic heterocycles. The van der Waals surface area contributed by atoms with E-state index in [4.69, 9.17) is 0 Å². The van der Waals surface area contributed by atoms with Crippen molar-refractivity contribution in [2.24, 2.45) is 13.0 Å². The standard InChI is InChI=1S/C10H14F3N3/c1-16-9(3-5-15-16)8-6-7(2-4-14-8)10(11,12)13/h3,5,7-8,14H,2,4,6H2,1H3/t7?,8-/m1/s1. The Morgan fingerprint density at radius 3 is 2.81 bits per heavy atom. The predicted molar refractivity (Wildman–Crippen MR) is 52.7 cm³/mol. The lowest BCUT2D eigenvalue weighted by Gasteiger charge is -2.31. The summed E-state index contributed by atoms with van der Waals surface area (Å²) in [4.78, 5) is 0. The second kappa shape index (κ2) is 4.08. The molecule has 3 nitrogen and oxygen atoms in total. The Labute approximate surface area is 91.6 Å². The van der Waals surface area contributed by atoms with Gasteiger partial charge in [0.1, 0.15) is 0 Å². The molecule has 1 aliphatic rings. The van der Waals surface area contributed by atoms with Gasteiger partial charge in [0, 0.05) is 19.3 Å². The van der Waals surface area contributed by atoms with E-state index in [1.165, 1.54) is 0 Å². The van der Waals surface area contributed by atoms with Gasteiger partial charge in [-0.25, -0.2) is 0 Å². The van der Waals surface area contributed by atoms with Gasteiger partial charge >= 0.3 is 6.18 Å². The summed E-state index contributed by atoms with van der Waals surface area (Å²) in [5, 5.41) is 7.08. The zero-order valence-electron chi connectivity index (χ0n) is 8.96. The first-order valence-electron chi connectivity index (χ1n) is 5.26. The van der Waals surface area contributed by atoms with Gasteiger partial charge < -0.3 is 5.32 Å². The van der Waals surface area contributed by atoms with Gasteiger partial charge in [-0.05, 0) is 25.5 Å². The third-order valence-electron chi connectivity index (χ3n) is 3.08. The Morgan fingerprint density at radius 2 is 2.25 bits per heavy atom. The van der Waals surface area contributed by atoms with Crippen molar-refractivity contribution in [1.29, 1.82) is 0 Å². The van der Waals surface area contributed by atoms with Crippen LogP contribution in [0.2, 0.25) is 0 Å². The summed E-state index contributed by atoms with van der Waals surface area (Å²) in [6.45, 7) is 0.403. The highest BCUT2D eigenvalue weighted by Gasteiger charge is 2.42. The number of aryl methyl sites for hydroxylation is 1. The van der Waals surface area contributed by atoms with Crippen molar-refractivity contribution >= 4 is 0 Å². The molecule has 90 valence electrons. The van der Waals surface area contributed by atoms with Gasteiger partial charge in [0.2, 0.25) is 0 Å². The third kappa shape index (κ3) is 2.21. The van der Waals surface area contributed by atoms with Gasteiger partial charge in [0.25, 0.3) is 0 Å². The van der Waals surface area contributed by atoms with Crippen LogP contribution in [0.25, 0.3) is 0 Å². The van der Waals surface area contributed by atoms with Crippen LogP contribution >= 0.6 is 0 Å². The summed E-state index contributed by atoms with van der Waals surface area (Å²) in [5.41, 5.74) is 0.814. The van der Waals surface area contributed by atoms with Crippen LogP contribution in [0, 0.1) is 5.92 Å². The smallest absolute Gasteiger partial charge is 0.309 e. The molecule has 1 aliphatic heterocycles. The van der Waals surface area contributed by atoms with Crippen molar-refractivity contribution < 1.29 is 13.2 Å². The van der Waals surface area contributed by atoms with Gasteiger partial charge in [-0.15, -0.1) is 0 Å². The summed E-state index contributed by atoms with van der Waals surface area (Å²) in [5.74, 6) is -1.20. The molecule has 0 radical (unpaired) electrons. The van der Waals surface area contributed by atoms with Crippen LogP contribution in [0.15, 0.2) is 12.3 Å². The minimum atomic E-state index is -4.08. The zero-order chi connectivity index (χ0) is 11.8. The first-order chi connectivity index (χ1) is 7.48. The van der Waals surface area contributed by atoms with Crippen molar-refractivity contribution in [2.75, 3.05) is 6.54 Å². The third-order valence-corrected chi connectivity index (χ3v) is 3.08. The molecule has 0 amide bonds. The number of alkyl halides is 3. The number of hydrogen-bond acceptors (Lipinski definition) is 2. The van der Waals surface area contributed by atoms with Gasteiger partial charge in [-0.2, -0.15) is 18.3 Å². The van der Waals surface area contributed by atoms with Crippen LogP contribution in [-0.2, 0) is 7.05 Å². The molecule has 0 saturated carbocycles. The molecular weight excluding hydrogens is 219 g/mol. The average molecular weight is 233 g/mol. The van der Waals surface area contributed by atoms with Crippen molar-refractivity contribution in [2.45, 2.75) is 25.1 Å². The molecule has 1 fully saturated rings. The lowest BCUT2D eigenvalue weighted by atomic mass is 9.90. The Bertz CT molecular complexity index is 358. The number of hydrogen-bond donors (Lipinski definition) is 1. The van der Waals surface area contributed by atoms with E-state index in [1.807, 2.05) is 0 Å². The van der Waals surface area contributed by atoms with E-state index in [0.717, 1.165) is 5.69 Å². The molecule has 0 bridgehead atoms. The predicted octanol–water partition coefficient (Wildman–Crippen LogP) is 2.02. The molecule has 0 aliphatic carbocycles. The highest BCUT2D eigenvalue weighted by Crippen LogP contribution is 2.37. The van der Waals surface area contributed by atoms with E-state index in [1.54, 1.807) is 24.0 Å². The molecule has 0 spiro atoms. The molecule has 16 heavy (non-hydrogen) atoms. The molecule has 1 aromatic rings. The molecule has 2 atom stereocenters. The Hall–Kier alpha value is -1.04. The Kier molecular flexibility index (Phi) is 2.92. The van der Waals surface area contributed by atoms with Crippen LogP contribution in [0.4, 0.5) is 13.2 Å². The highest BCUT2D eigenvalue weighted by molar-refractivity contribution is 5.08. The van der Waals surface area contributed by atoms with E-state index < -0.39 is 12.1 Å². The van der Waals surface area contributed by atoms with E-state index in [9.17, 15) is 13.2 Å². The topological polar surface area (TPSA) is 29.9 Å². The zero-order valence-corrected chi connectivity index (χ0v) is 8.96. The Balaban J connectivity index is 2.11. The fourth-order valence-corrected chi connectivity index (χ4v) is 2.17. The van der Waals surface area contributed by atoms with Crippen molar-refractivity contribution in [1.82, 2.24) is 15.1 Å². The molecule has 0 aromatic carbocycles.